The fourth-order valence-electron chi connectivity index (χ4n) is 2.46. The van der Waals surface area contributed by atoms with Crippen molar-refractivity contribution in [3.05, 3.63) is 29.7 Å². The summed E-state index contributed by atoms with van der Waals surface area (Å²) >= 11 is 1.59. The third-order valence-corrected chi connectivity index (χ3v) is 4.66. The van der Waals surface area contributed by atoms with E-state index < -0.39 is 0 Å². The number of amides is 1. The predicted octanol–water partition coefficient (Wildman–Crippen LogP) is 3.82. The van der Waals surface area contributed by atoms with Gasteiger partial charge in [0.2, 0.25) is 5.91 Å². The lowest BCUT2D eigenvalue weighted by atomic mass is 10.0. The van der Waals surface area contributed by atoms with Gasteiger partial charge < -0.3 is 14.5 Å². The quantitative estimate of drug-likeness (QED) is 0.578. The predicted molar refractivity (Wildman–Crippen MR) is 92.3 cm³/mol. The van der Waals surface area contributed by atoms with Gasteiger partial charge in [0, 0.05) is 17.9 Å². The molecule has 1 aromatic carbocycles. The SMILES string of the molecule is CCCCCSc1nnc(COc2ccc3c(c2)CCC(=O)N3)o1. The first-order valence-corrected chi connectivity index (χ1v) is 9.24. The normalized spacial score (nSPS) is 13.5. The molecule has 2 aromatic rings. The number of thioether (sulfide) groups is 1. The standard InChI is InChI=1S/C17H21N3O3S/c1-2-3-4-9-24-17-20-19-16(23-17)11-22-13-6-7-14-12(10-13)5-8-15(21)18-14/h6-7,10H,2-5,8-9,11H2,1H3,(H,18,21). The van der Waals surface area contributed by atoms with Gasteiger partial charge in [-0.1, -0.05) is 31.5 Å². The van der Waals surface area contributed by atoms with Gasteiger partial charge in [-0.3, -0.25) is 4.79 Å². The summed E-state index contributed by atoms with van der Waals surface area (Å²) < 4.78 is 11.3. The van der Waals surface area contributed by atoms with E-state index in [0.717, 1.165) is 35.6 Å². The van der Waals surface area contributed by atoms with Gasteiger partial charge in [0.1, 0.15) is 5.75 Å². The van der Waals surface area contributed by atoms with E-state index in [0.29, 0.717) is 17.5 Å². The highest BCUT2D eigenvalue weighted by atomic mass is 32.2. The number of aromatic nitrogens is 2. The number of ether oxygens (including phenoxy) is 1. The van der Waals surface area contributed by atoms with Gasteiger partial charge in [-0.25, -0.2) is 0 Å². The number of anilines is 1. The van der Waals surface area contributed by atoms with Crippen LogP contribution in [-0.2, 0) is 17.8 Å². The topological polar surface area (TPSA) is 77.2 Å². The van der Waals surface area contributed by atoms with Crippen molar-refractivity contribution >= 4 is 23.4 Å². The van der Waals surface area contributed by atoms with Gasteiger partial charge >= 0.3 is 0 Å². The molecular weight excluding hydrogens is 326 g/mol. The minimum absolute atomic E-state index is 0.0611. The van der Waals surface area contributed by atoms with Crippen molar-refractivity contribution in [3.63, 3.8) is 0 Å². The molecule has 1 aliphatic heterocycles. The summed E-state index contributed by atoms with van der Waals surface area (Å²) in [4.78, 5) is 11.4. The van der Waals surface area contributed by atoms with Crippen LogP contribution >= 0.6 is 11.8 Å². The Morgan fingerprint density at radius 3 is 3.08 bits per heavy atom. The van der Waals surface area contributed by atoms with E-state index in [1.165, 1.54) is 12.8 Å². The number of unbranched alkanes of at least 4 members (excludes halogenated alkanes) is 2. The summed E-state index contributed by atoms with van der Waals surface area (Å²) in [6, 6.07) is 5.65. The molecule has 1 N–H and O–H groups in total. The van der Waals surface area contributed by atoms with Gasteiger partial charge in [0.05, 0.1) is 0 Å². The van der Waals surface area contributed by atoms with Crippen LogP contribution in [0.5, 0.6) is 5.75 Å². The first-order chi connectivity index (χ1) is 11.7. The number of carbonyl (C=O) groups is 1. The molecule has 3 rings (SSSR count). The van der Waals surface area contributed by atoms with Gasteiger partial charge in [-0.05, 0) is 36.6 Å². The molecule has 1 aromatic heterocycles. The van der Waals surface area contributed by atoms with Crippen LogP contribution in [0.1, 0.15) is 44.1 Å². The number of nitrogens with zero attached hydrogens (tertiary/aromatic N) is 2. The van der Waals surface area contributed by atoms with Gasteiger partial charge in [0.15, 0.2) is 6.61 Å². The summed E-state index contributed by atoms with van der Waals surface area (Å²) in [6.45, 7) is 2.43. The molecule has 24 heavy (non-hydrogen) atoms. The molecule has 7 heteroatoms. The second kappa shape index (κ2) is 8.19. The van der Waals surface area contributed by atoms with Gasteiger partial charge in [-0.2, -0.15) is 0 Å². The second-order valence-corrected chi connectivity index (χ2v) is 6.72. The molecule has 0 aliphatic carbocycles. The van der Waals surface area contributed by atoms with E-state index in [1.807, 2.05) is 18.2 Å². The van der Waals surface area contributed by atoms with E-state index in [-0.39, 0.29) is 12.5 Å². The Bertz CT molecular complexity index is 702. The Kier molecular flexibility index (Phi) is 5.74. The highest BCUT2D eigenvalue weighted by molar-refractivity contribution is 7.99. The Morgan fingerprint density at radius 2 is 2.21 bits per heavy atom. The van der Waals surface area contributed by atoms with Crippen molar-refractivity contribution in [3.8, 4) is 5.75 Å². The summed E-state index contributed by atoms with van der Waals surface area (Å²) in [5, 5.41) is 11.5. The van der Waals surface area contributed by atoms with E-state index in [1.54, 1.807) is 11.8 Å². The molecule has 0 spiro atoms. The van der Waals surface area contributed by atoms with Crippen molar-refractivity contribution in [1.29, 1.82) is 0 Å². The number of rotatable bonds is 8. The molecule has 1 amide bonds. The van der Waals surface area contributed by atoms with Crippen molar-refractivity contribution < 1.29 is 13.9 Å². The molecule has 0 atom stereocenters. The fraction of sp³-hybridized carbons (Fsp3) is 0.471. The molecule has 1 aliphatic rings. The maximum Gasteiger partial charge on any atom is 0.276 e. The van der Waals surface area contributed by atoms with Crippen molar-refractivity contribution in [2.24, 2.45) is 0 Å². The van der Waals surface area contributed by atoms with Gasteiger partial charge in [-0.15, -0.1) is 10.2 Å². The maximum absolute atomic E-state index is 11.4. The molecule has 0 fully saturated rings. The van der Waals surface area contributed by atoms with Crippen LogP contribution in [-0.4, -0.2) is 21.9 Å². The lowest BCUT2D eigenvalue weighted by molar-refractivity contribution is -0.116. The first-order valence-electron chi connectivity index (χ1n) is 8.25. The number of nitrogens with one attached hydrogen (secondary N) is 1. The summed E-state index contributed by atoms with van der Waals surface area (Å²) in [6.07, 6.45) is 4.82. The average Bonchev–Trinajstić information content (AvgIpc) is 3.05. The third-order valence-electron chi connectivity index (χ3n) is 3.76. The van der Waals surface area contributed by atoms with Crippen molar-refractivity contribution in [2.45, 2.75) is 50.9 Å². The van der Waals surface area contributed by atoms with Crippen molar-refractivity contribution in [2.75, 3.05) is 11.1 Å². The third kappa shape index (κ3) is 4.50. The van der Waals surface area contributed by atoms with Crippen LogP contribution in [0.3, 0.4) is 0 Å². The number of aryl methyl sites for hydroxylation is 1. The molecule has 0 bridgehead atoms. The monoisotopic (exact) mass is 347 g/mol. The zero-order valence-electron chi connectivity index (χ0n) is 13.7. The fourth-order valence-corrected chi connectivity index (χ4v) is 3.24. The number of benzene rings is 1. The zero-order chi connectivity index (χ0) is 16.8. The highest BCUT2D eigenvalue weighted by Gasteiger charge is 2.15. The summed E-state index contributed by atoms with van der Waals surface area (Å²) in [5.41, 5.74) is 1.95. The van der Waals surface area contributed by atoms with Gasteiger partial charge in [0.25, 0.3) is 11.1 Å². The largest absolute Gasteiger partial charge is 0.484 e. The van der Waals surface area contributed by atoms with Crippen LogP contribution in [0.15, 0.2) is 27.8 Å². The molecule has 6 nitrogen and oxygen atoms in total. The van der Waals surface area contributed by atoms with Crippen LogP contribution in [0.4, 0.5) is 5.69 Å². The number of carbonyl (C=O) groups excluding carboxylic acids is 1. The molecule has 0 saturated carbocycles. The molecule has 0 saturated heterocycles. The van der Waals surface area contributed by atoms with Crippen LogP contribution in [0.2, 0.25) is 0 Å². The first kappa shape index (κ1) is 16.8. The number of hydrogen-bond donors (Lipinski definition) is 1. The molecule has 128 valence electrons. The van der Waals surface area contributed by atoms with Crippen molar-refractivity contribution in [1.82, 2.24) is 10.2 Å². The lowest BCUT2D eigenvalue weighted by Gasteiger charge is -2.17. The highest BCUT2D eigenvalue weighted by Crippen LogP contribution is 2.27. The zero-order valence-corrected chi connectivity index (χ0v) is 14.5. The number of hydrogen-bond acceptors (Lipinski definition) is 6. The van der Waals surface area contributed by atoms with E-state index >= 15 is 0 Å². The molecular formula is C17H21N3O3S. The Morgan fingerprint density at radius 1 is 1.29 bits per heavy atom. The molecule has 0 unspecified atom stereocenters. The smallest absolute Gasteiger partial charge is 0.276 e. The Labute approximate surface area is 145 Å². The second-order valence-electron chi connectivity index (χ2n) is 5.67. The maximum atomic E-state index is 11.4. The lowest BCUT2D eigenvalue weighted by Crippen LogP contribution is -2.18. The van der Waals surface area contributed by atoms with E-state index in [2.05, 4.69) is 22.4 Å². The minimum Gasteiger partial charge on any atom is -0.484 e. The average molecular weight is 347 g/mol. The van der Waals surface area contributed by atoms with Crippen LogP contribution < -0.4 is 10.1 Å². The summed E-state index contributed by atoms with van der Waals surface area (Å²) in [7, 11) is 0. The number of fused-ring (bicyclic) bond motifs is 1. The van der Waals surface area contributed by atoms with E-state index in [9.17, 15) is 4.79 Å². The molecule has 0 radical (unpaired) electrons. The Balaban J connectivity index is 1.51. The Hall–Kier alpha value is -2.02. The van der Waals surface area contributed by atoms with E-state index in [4.69, 9.17) is 9.15 Å². The minimum atomic E-state index is 0.0611. The van der Waals surface area contributed by atoms with Crippen LogP contribution in [0.25, 0.3) is 0 Å². The summed E-state index contributed by atoms with van der Waals surface area (Å²) in [5.74, 6) is 2.26. The van der Waals surface area contributed by atoms with Crippen LogP contribution in [0, 0.1) is 0 Å². The molecule has 2 heterocycles.